The average Bonchev–Trinajstić information content (AvgIpc) is 3.02. The third-order valence-corrected chi connectivity index (χ3v) is 7.22. The summed E-state index contributed by atoms with van der Waals surface area (Å²) in [6.07, 6.45) is 0. The van der Waals surface area contributed by atoms with Crippen LogP contribution in [0.2, 0.25) is 10.6 Å². The zero-order valence-corrected chi connectivity index (χ0v) is 30.4. The largest absolute Gasteiger partial charge is 0.494 e. The highest BCUT2D eigenvalue weighted by atomic mass is 35.5. The summed E-state index contributed by atoms with van der Waals surface area (Å²) in [5.41, 5.74) is 1.20. The van der Waals surface area contributed by atoms with E-state index in [9.17, 15) is 25.9 Å². The predicted molar refractivity (Wildman–Crippen MR) is 184 cm³/mol. The Morgan fingerprint density at radius 2 is 1.28 bits per heavy atom. The van der Waals surface area contributed by atoms with Crippen molar-refractivity contribution < 1.29 is 30.7 Å². The van der Waals surface area contributed by atoms with E-state index in [-0.39, 0.29) is 33.0 Å². The van der Waals surface area contributed by atoms with E-state index in [2.05, 4.69) is 30.5 Å². The lowest BCUT2D eigenvalue weighted by Gasteiger charge is -2.12. The quantitative estimate of drug-likeness (QED) is 0.122. The molecule has 0 aliphatic carbocycles. The van der Waals surface area contributed by atoms with Crippen LogP contribution in [0.15, 0.2) is 62.5 Å². The van der Waals surface area contributed by atoms with Gasteiger partial charge in [0.1, 0.15) is 15.5 Å². The van der Waals surface area contributed by atoms with Crippen molar-refractivity contribution in [2.45, 2.75) is 72.1 Å². The van der Waals surface area contributed by atoms with E-state index < -0.39 is 30.0 Å². The van der Waals surface area contributed by atoms with Crippen molar-refractivity contribution >= 4 is 77.2 Å². The molecule has 0 spiro atoms. The van der Waals surface area contributed by atoms with E-state index in [1.165, 1.54) is 31.4 Å². The number of methoxy groups -OCH3 is 1. The maximum absolute atomic E-state index is 12.0. The van der Waals surface area contributed by atoms with Gasteiger partial charge in [-0.3, -0.25) is 9.11 Å². The van der Waals surface area contributed by atoms with Gasteiger partial charge < -0.3 is 10.1 Å². The molecule has 3 N–H and O–H groups in total. The van der Waals surface area contributed by atoms with Crippen LogP contribution in [0.4, 0.5) is 23.0 Å². The molecule has 0 saturated carbocycles. The molecule has 4 rings (SSSR count). The Kier molecular flexibility index (Phi) is 18.4. The minimum Gasteiger partial charge on any atom is -0.494 e. The third-order valence-electron chi connectivity index (χ3n) is 5.08. The molecule has 13 nitrogen and oxygen atoms in total. The SMILES string of the molecule is CC.CC.CC.CC.COc1cc(N=Nc2cc(S(=O)(=O)O)c3cccc(S(=O)(=O)O)c3c2)c(C)cc1Nc1nc(Cl)nc(Cl)n1. The van der Waals surface area contributed by atoms with Crippen LogP contribution in [0.5, 0.6) is 5.75 Å². The molecule has 1 heterocycles. The summed E-state index contributed by atoms with van der Waals surface area (Å²) < 4.78 is 72.5. The highest BCUT2D eigenvalue weighted by Gasteiger charge is 2.21. The molecule has 0 aliphatic heterocycles. The van der Waals surface area contributed by atoms with Gasteiger partial charge in [-0.25, -0.2) is 0 Å². The third kappa shape index (κ3) is 11.7. The Balaban J connectivity index is 0.00000235. The number of fused-ring (bicyclic) bond motifs is 1. The molecule has 0 unspecified atom stereocenters. The summed E-state index contributed by atoms with van der Waals surface area (Å²) in [6, 6.07) is 8.98. The zero-order chi connectivity index (χ0) is 35.8. The highest BCUT2D eigenvalue weighted by Crippen LogP contribution is 2.37. The fourth-order valence-corrected chi connectivity index (χ4v) is 5.26. The fraction of sp³-hybridized carbons (Fsp3) is 0.345. The van der Waals surface area contributed by atoms with Crippen molar-refractivity contribution in [3.8, 4) is 5.75 Å². The molecule has 254 valence electrons. The second-order valence-electron chi connectivity index (χ2n) is 7.61. The molecule has 17 heteroatoms. The van der Waals surface area contributed by atoms with Gasteiger partial charge in [0.2, 0.25) is 16.5 Å². The molecule has 4 aromatic rings. The standard InChI is InChI=1S/C21H16Cl2N6O7S2.4C2H6/c1-10-6-15(24-21-26-19(22)25-20(23)27-21)16(36-2)9-14(10)29-28-11-7-13-12(18(8-11)38(33,34)35)4-3-5-17(13)37(30,31)32;4*1-2/h3-9H,1-2H3,(H,30,31,32)(H,33,34,35)(H,24,25,26,27);4*1-2H3. The van der Waals surface area contributed by atoms with Crippen LogP contribution in [0, 0.1) is 6.92 Å². The van der Waals surface area contributed by atoms with Gasteiger partial charge in [-0.15, -0.1) is 0 Å². The number of nitrogens with zero attached hydrogens (tertiary/aromatic N) is 5. The second kappa shape index (κ2) is 19.9. The van der Waals surface area contributed by atoms with Crippen molar-refractivity contribution in [3.05, 3.63) is 58.6 Å². The van der Waals surface area contributed by atoms with E-state index >= 15 is 0 Å². The first kappa shape index (κ1) is 42.5. The Bertz CT molecular complexity index is 1820. The highest BCUT2D eigenvalue weighted by molar-refractivity contribution is 7.86. The first-order valence-corrected chi connectivity index (χ1v) is 17.9. The Hall–Kier alpha value is -3.47. The summed E-state index contributed by atoms with van der Waals surface area (Å²) in [6.45, 7) is 17.7. The minimum atomic E-state index is -4.80. The molecule has 0 radical (unpaired) electrons. The summed E-state index contributed by atoms with van der Waals surface area (Å²) in [4.78, 5) is 10.4. The number of azo groups is 1. The molecule has 0 fully saturated rings. The number of ether oxygens (including phenoxy) is 1. The second-order valence-corrected chi connectivity index (χ2v) is 11.1. The predicted octanol–water partition coefficient (Wildman–Crippen LogP) is 9.41. The Morgan fingerprint density at radius 3 is 1.78 bits per heavy atom. The van der Waals surface area contributed by atoms with E-state index in [0.717, 1.165) is 12.1 Å². The number of rotatable bonds is 7. The number of nitrogens with one attached hydrogen (secondary N) is 1. The molecular weight excluding hydrogens is 679 g/mol. The topological polar surface area (TPSA) is 193 Å². The molecule has 0 saturated heterocycles. The molecule has 0 atom stereocenters. The average molecular weight is 720 g/mol. The smallest absolute Gasteiger partial charge is 0.295 e. The fourth-order valence-electron chi connectivity index (χ4n) is 3.47. The number of aromatic nitrogens is 3. The number of hydrogen-bond donors (Lipinski definition) is 3. The minimum absolute atomic E-state index is 0.0608. The van der Waals surface area contributed by atoms with Crippen molar-refractivity contribution in [1.82, 2.24) is 15.0 Å². The van der Waals surface area contributed by atoms with Crippen LogP contribution in [0.1, 0.15) is 61.0 Å². The van der Waals surface area contributed by atoms with Crippen molar-refractivity contribution in [2.24, 2.45) is 10.2 Å². The number of anilines is 2. The summed E-state index contributed by atoms with van der Waals surface area (Å²) in [5, 5.41) is 10.5. The lowest BCUT2D eigenvalue weighted by Crippen LogP contribution is -2.03. The lowest BCUT2D eigenvalue weighted by molar-refractivity contribution is 0.417. The normalized spacial score (nSPS) is 10.7. The number of aryl methyl sites for hydroxylation is 1. The van der Waals surface area contributed by atoms with Gasteiger partial charge >= 0.3 is 0 Å². The summed E-state index contributed by atoms with van der Waals surface area (Å²) in [7, 11) is -8.12. The van der Waals surface area contributed by atoms with Crippen molar-refractivity contribution in [2.75, 3.05) is 12.4 Å². The molecule has 1 aromatic heterocycles. The van der Waals surface area contributed by atoms with Gasteiger partial charge in [0.15, 0.2) is 0 Å². The van der Waals surface area contributed by atoms with Crippen LogP contribution < -0.4 is 10.1 Å². The number of halogens is 2. The lowest BCUT2D eigenvalue weighted by atomic mass is 10.1. The number of benzene rings is 3. The van der Waals surface area contributed by atoms with Gasteiger partial charge in [0.05, 0.1) is 24.2 Å². The van der Waals surface area contributed by atoms with E-state index in [1.54, 1.807) is 13.0 Å². The maximum atomic E-state index is 12.0. The van der Waals surface area contributed by atoms with E-state index in [0.29, 0.717) is 22.7 Å². The summed E-state index contributed by atoms with van der Waals surface area (Å²) >= 11 is 11.6. The van der Waals surface area contributed by atoms with Crippen LogP contribution in [0.25, 0.3) is 10.8 Å². The van der Waals surface area contributed by atoms with Crippen LogP contribution in [-0.2, 0) is 20.2 Å². The van der Waals surface area contributed by atoms with Gasteiger partial charge in [0.25, 0.3) is 20.2 Å². The van der Waals surface area contributed by atoms with Gasteiger partial charge in [0, 0.05) is 16.8 Å². The molecule has 0 bridgehead atoms. The summed E-state index contributed by atoms with van der Waals surface area (Å²) in [5.74, 6) is 0.355. The first-order valence-electron chi connectivity index (χ1n) is 14.2. The van der Waals surface area contributed by atoms with Crippen molar-refractivity contribution in [1.29, 1.82) is 0 Å². The Labute approximate surface area is 281 Å². The van der Waals surface area contributed by atoms with Crippen LogP contribution in [0.3, 0.4) is 0 Å². The zero-order valence-electron chi connectivity index (χ0n) is 27.3. The van der Waals surface area contributed by atoms with Gasteiger partial charge in [-0.2, -0.15) is 42.0 Å². The Morgan fingerprint density at radius 1 is 0.739 bits per heavy atom. The number of hydrogen-bond acceptors (Lipinski definition) is 11. The molecule has 46 heavy (non-hydrogen) atoms. The monoisotopic (exact) mass is 718 g/mol. The molecule has 3 aromatic carbocycles. The molecule has 0 aliphatic rings. The van der Waals surface area contributed by atoms with E-state index in [4.69, 9.17) is 27.9 Å². The van der Waals surface area contributed by atoms with Gasteiger partial charge in [-0.1, -0.05) is 67.5 Å². The molecule has 0 amide bonds. The van der Waals surface area contributed by atoms with Crippen LogP contribution in [-0.4, -0.2) is 48.0 Å². The van der Waals surface area contributed by atoms with Crippen LogP contribution >= 0.6 is 23.2 Å². The molecular formula is C29H40Cl2N6O7S2. The van der Waals surface area contributed by atoms with E-state index in [1.807, 2.05) is 55.4 Å². The van der Waals surface area contributed by atoms with Gasteiger partial charge in [-0.05, 0) is 60.0 Å². The first-order chi connectivity index (χ1) is 21.8. The maximum Gasteiger partial charge on any atom is 0.295 e. The van der Waals surface area contributed by atoms with Crippen molar-refractivity contribution in [3.63, 3.8) is 0 Å².